The van der Waals surface area contributed by atoms with Crippen molar-refractivity contribution in [3.05, 3.63) is 12.3 Å². The average molecular weight is 224 g/mol. The summed E-state index contributed by atoms with van der Waals surface area (Å²) in [7, 11) is 0. The molecule has 0 bridgehead atoms. The molecule has 0 amide bonds. The third-order valence-corrected chi connectivity index (χ3v) is 2.33. The molecule has 0 radical (unpaired) electrons. The number of nitrogens with zero attached hydrogens (tertiary/aromatic N) is 2. The number of rotatable bonds is 6. The van der Waals surface area contributed by atoms with Gasteiger partial charge in [-0.15, -0.1) is 0 Å². The predicted molar refractivity (Wildman–Crippen MR) is 65.5 cm³/mol. The van der Waals surface area contributed by atoms with Crippen LogP contribution < -0.4 is 10.6 Å². The second-order valence-electron chi connectivity index (χ2n) is 3.97. The quantitative estimate of drug-likeness (QED) is 0.680. The molecule has 0 fully saturated rings. The van der Waals surface area contributed by atoms with E-state index in [0.29, 0.717) is 11.9 Å². The fraction of sp³-hybridized carbons (Fsp3) is 0.636. The summed E-state index contributed by atoms with van der Waals surface area (Å²) in [5.74, 6) is 1.69. The second kappa shape index (κ2) is 6.27. The summed E-state index contributed by atoms with van der Waals surface area (Å²) in [5.41, 5.74) is 0. The normalized spacial score (nSPS) is 12.6. The lowest BCUT2D eigenvalue weighted by atomic mass is 10.1. The second-order valence-corrected chi connectivity index (χ2v) is 3.97. The molecule has 1 atom stereocenters. The number of aliphatic hydroxyl groups excluding tert-OH is 1. The Kier molecular flexibility index (Phi) is 4.98. The summed E-state index contributed by atoms with van der Waals surface area (Å²) in [6, 6.07) is 1.82. The highest BCUT2D eigenvalue weighted by Gasteiger charge is 2.12. The fourth-order valence-electron chi connectivity index (χ4n) is 1.30. The van der Waals surface area contributed by atoms with Crippen LogP contribution in [0, 0.1) is 5.92 Å². The van der Waals surface area contributed by atoms with Crippen molar-refractivity contribution < 1.29 is 5.11 Å². The highest BCUT2D eigenvalue weighted by Crippen LogP contribution is 2.11. The minimum Gasteiger partial charge on any atom is -0.394 e. The van der Waals surface area contributed by atoms with Gasteiger partial charge < -0.3 is 15.7 Å². The van der Waals surface area contributed by atoms with Crippen molar-refractivity contribution >= 4 is 11.8 Å². The van der Waals surface area contributed by atoms with E-state index in [-0.39, 0.29) is 12.6 Å². The Morgan fingerprint density at radius 1 is 1.44 bits per heavy atom. The summed E-state index contributed by atoms with van der Waals surface area (Å²) in [5, 5.41) is 15.4. The zero-order valence-corrected chi connectivity index (χ0v) is 10.1. The molecular weight excluding hydrogens is 204 g/mol. The van der Waals surface area contributed by atoms with Crippen LogP contribution in [0.25, 0.3) is 0 Å². The zero-order valence-electron chi connectivity index (χ0n) is 10.1. The van der Waals surface area contributed by atoms with Gasteiger partial charge in [0.15, 0.2) is 0 Å². The van der Waals surface area contributed by atoms with E-state index < -0.39 is 0 Å². The smallest absolute Gasteiger partial charge is 0.224 e. The van der Waals surface area contributed by atoms with Gasteiger partial charge in [0.05, 0.1) is 12.6 Å². The molecule has 3 N–H and O–H groups in total. The molecule has 0 spiro atoms. The van der Waals surface area contributed by atoms with Gasteiger partial charge >= 0.3 is 0 Å². The van der Waals surface area contributed by atoms with Crippen LogP contribution in [-0.2, 0) is 0 Å². The molecule has 0 aliphatic rings. The van der Waals surface area contributed by atoms with Crippen molar-refractivity contribution in [2.24, 2.45) is 5.92 Å². The number of aliphatic hydroxyl groups is 1. The van der Waals surface area contributed by atoms with Gasteiger partial charge in [-0.2, -0.15) is 4.98 Å². The highest BCUT2D eigenvalue weighted by atomic mass is 16.3. The van der Waals surface area contributed by atoms with Crippen LogP contribution in [0.3, 0.4) is 0 Å². The highest BCUT2D eigenvalue weighted by molar-refractivity contribution is 5.40. The number of nitrogens with one attached hydrogen (secondary N) is 2. The largest absolute Gasteiger partial charge is 0.394 e. The summed E-state index contributed by atoms with van der Waals surface area (Å²) in [6.07, 6.45) is 1.70. The lowest BCUT2D eigenvalue weighted by molar-refractivity contribution is 0.249. The Hall–Kier alpha value is -1.36. The van der Waals surface area contributed by atoms with Crippen molar-refractivity contribution in [3.63, 3.8) is 0 Å². The molecule has 1 aromatic heterocycles. The van der Waals surface area contributed by atoms with Crippen LogP contribution in [0.15, 0.2) is 12.3 Å². The number of aromatic nitrogens is 2. The minimum absolute atomic E-state index is 0.0179. The van der Waals surface area contributed by atoms with Gasteiger partial charge in [-0.25, -0.2) is 4.98 Å². The van der Waals surface area contributed by atoms with Crippen molar-refractivity contribution in [2.45, 2.75) is 26.8 Å². The van der Waals surface area contributed by atoms with E-state index in [9.17, 15) is 5.11 Å². The van der Waals surface area contributed by atoms with Crippen LogP contribution in [0.1, 0.15) is 20.8 Å². The monoisotopic (exact) mass is 224 g/mol. The molecule has 1 rings (SSSR count). The maximum absolute atomic E-state index is 9.21. The lowest BCUT2D eigenvalue weighted by Crippen LogP contribution is -2.29. The maximum Gasteiger partial charge on any atom is 0.224 e. The first-order valence-electron chi connectivity index (χ1n) is 5.61. The van der Waals surface area contributed by atoms with Gasteiger partial charge in [0.25, 0.3) is 0 Å². The summed E-state index contributed by atoms with van der Waals surface area (Å²) in [6.45, 7) is 6.99. The molecule has 1 heterocycles. The molecular formula is C11H20N4O. The van der Waals surface area contributed by atoms with Crippen LogP contribution in [-0.4, -0.2) is 34.3 Å². The first-order chi connectivity index (χ1) is 7.67. The van der Waals surface area contributed by atoms with Crippen molar-refractivity contribution in [1.82, 2.24) is 9.97 Å². The molecule has 1 aromatic rings. The van der Waals surface area contributed by atoms with Crippen molar-refractivity contribution in [2.75, 3.05) is 23.8 Å². The SMILES string of the molecule is CCNc1nccc(NC(CO)C(C)C)n1. The van der Waals surface area contributed by atoms with E-state index in [0.717, 1.165) is 12.4 Å². The lowest BCUT2D eigenvalue weighted by Gasteiger charge is -2.20. The standard InChI is InChI=1S/C11H20N4O/c1-4-12-11-13-6-5-10(15-11)14-9(7-16)8(2)3/h5-6,8-9,16H,4,7H2,1-3H3,(H2,12,13,14,15). The minimum atomic E-state index is 0.0179. The predicted octanol–water partition coefficient (Wildman–Crippen LogP) is 1.34. The molecule has 5 heteroatoms. The van der Waals surface area contributed by atoms with Crippen molar-refractivity contribution in [1.29, 1.82) is 0 Å². The zero-order chi connectivity index (χ0) is 12.0. The van der Waals surface area contributed by atoms with E-state index in [4.69, 9.17) is 0 Å². The molecule has 5 nitrogen and oxygen atoms in total. The Labute approximate surface area is 96.3 Å². The average Bonchev–Trinajstić information content (AvgIpc) is 2.26. The van der Waals surface area contributed by atoms with Crippen molar-refractivity contribution in [3.8, 4) is 0 Å². The summed E-state index contributed by atoms with van der Waals surface area (Å²) < 4.78 is 0. The number of anilines is 2. The molecule has 0 aliphatic carbocycles. The Morgan fingerprint density at radius 2 is 2.19 bits per heavy atom. The summed E-state index contributed by atoms with van der Waals surface area (Å²) >= 11 is 0. The fourth-order valence-corrected chi connectivity index (χ4v) is 1.30. The van der Waals surface area contributed by atoms with Gasteiger partial charge in [0, 0.05) is 12.7 Å². The van der Waals surface area contributed by atoms with Crippen LogP contribution in [0.5, 0.6) is 0 Å². The van der Waals surface area contributed by atoms with E-state index in [1.165, 1.54) is 0 Å². The summed E-state index contributed by atoms with van der Waals surface area (Å²) in [4.78, 5) is 8.37. The first-order valence-corrected chi connectivity index (χ1v) is 5.61. The molecule has 1 unspecified atom stereocenters. The molecule has 0 saturated heterocycles. The molecule has 16 heavy (non-hydrogen) atoms. The van der Waals surface area contributed by atoms with Gasteiger partial charge in [0.1, 0.15) is 5.82 Å². The Morgan fingerprint density at radius 3 is 2.75 bits per heavy atom. The third-order valence-electron chi connectivity index (χ3n) is 2.33. The number of hydrogen-bond acceptors (Lipinski definition) is 5. The topological polar surface area (TPSA) is 70.1 Å². The Balaban J connectivity index is 2.68. The van der Waals surface area contributed by atoms with Gasteiger partial charge in [0.2, 0.25) is 5.95 Å². The third kappa shape index (κ3) is 3.66. The molecule has 0 aliphatic heterocycles. The number of hydrogen-bond donors (Lipinski definition) is 3. The van der Waals surface area contributed by atoms with Crippen LogP contribution in [0.4, 0.5) is 11.8 Å². The van der Waals surface area contributed by atoms with E-state index >= 15 is 0 Å². The first kappa shape index (κ1) is 12.7. The molecule has 0 saturated carbocycles. The van der Waals surface area contributed by atoms with Gasteiger partial charge in [-0.05, 0) is 18.9 Å². The van der Waals surface area contributed by atoms with E-state index in [1.807, 2.05) is 6.92 Å². The van der Waals surface area contributed by atoms with E-state index in [2.05, 4.69) is 34.4 Å². The molecule has 0 aromatic carbocycles. The van der Waals surface area contributed by atoms with Gasteiger partial charge in [-0.3, -0.25) is 0 Å². The van der Waals surface area contributed by atoms with Crippen LogP contribution >= 0.6 is 0 Å². The molecule has 90 valence electrons. The Bertz CT molecular complexity index is 317. The van der Waals surface area contributed by atoms with Gasteiger partial charge in [-0.1, -0.05) is 13.8 Å². The maximum atomic E-state index is 9.21. The van der Waals surface area contributed by atoms with Crippen LogP contribution in [0.2, 0.25) is 0 Å². The van der Waals surface area contributed by atoms with E-state index in [1.54, 1.807) is 12.3 Å².